The summed E-state index contributed by atoms with van der Waals surface area (Å²) in [6.07, 6.45) is 1.19. The van der Waals surface area contributed by atoms with Crippen LogP contribution in [0.3, 0.4) is 0 Å². The quantitative estimate of drug-likeness (QED) is 0.563. The first-order valence-corrected chi connectivity index (χ1v) is 12.1. The van der Waals surface area contributed by atoms with Crippen LogP contribution < -0.4 is 10.6 Å². The molecular weight excluding hydrogens is 422 g/mol. The summed E-state index contributed by atoms with van der Waals surface area (Å²) in [5.74, 6) is 0.323. The second-order valence-corrected chi connectivity index (χ2v) is 9.46. The Labute approximate surface area is 201 Å². The second-order valence-electron chi connectivity index (χ2n) is 9.46. The highest BCUT2D eigenvalue weighted by Gasteiger charge is 2.36. The Kier molecular flexibility index (Phi) is 6.72. The van der Waals surface area contributed by atoms with E-state index in [2.05, 4.69) is 47.0 Å². The minimum Gasteiger partial charge on any atom is -0.337 e. The summed E-state index contributed by atoms with van der Waals surface area (Å²) >= 11 is 0. The van der Waals surface area contributed by atoms with Gasteiger partial charge in [-0.25, -0.2) is 0 Å². The molecule has 3 atom stereocenters. The number of carbonyl (C=O) groups excluding carboxylic acids is 2. The maximum absolute atomic E-state index is 14.0. The third kappa shape index (κ3) is 5.05. The van der Waals surface area contributed by atoms with Gasteiger partial charge in [0.1, 0.15) is 0 Å². The van der Waals surface area contributed by atoms with Gasteiger partial charge in [0, 0.05) is 25.2 Å². The number of benzene rings is 3. The van der Waals surface area contributed by atoms with Crippen LogP contribution in [0.1, 0.15) is 29.0 Å². The second kappa shape index (κ2) is 10.2. The van der Waals surface area contributed by atoms with Crippen LogP contribution in [0.5, 0.6) is 0 Å². The molecule has 0 radical (unpaired) electrons. The van der Waals surface area contributed by atoms with Gasteiger partial charge in [-0.15, -0.1) is 0 Å². The van der Waals surface area contributed by atoms with Gasteiger partial charge < -0.3 is 15.5 Å². The molecule has 2 aliphatic rings. The highest BCUT2D eigenvalue weighted by atomic mass is 16.2. The molecular formula is C29H31N3O2. The van der Waals surface area contributed by atoms with Gasteiger partial charge in [-0.3, -0.25) is 9.59 Å². The average molecular weight is 454 g/mol. The monoisotopic (exact) mass is 453 g/mol. The molecule has 5 rings (SSSR count). The van der Waals surface area contributed by atoms with Crippen LogP contribution in [0.4, 0.5) is 5.69 Å². The van der Waals surface area contributed by atoms with Crippen molar-refractivity contribution >= 4 is 17.5 Å². The van der Waals surface area contributed by atoms with Crippen LogP contribution in [0.2, 0.25) is 0 Å². The van der Waals surface area contributed by atoms with Gasteiger partial charge >= 0.3 is 0 Å². The molecule has 0 saturated carbocycles. The largest absolute Gasteiger partial charge is 0.337 e. The van der Waals surface area contributed by atoms with E-state index in [0.717, 1.165) is 36.3 Å². The minimum absolute atomic E-state index is 0.0384. The summed E-state index contributed by atoms with van der Waals surface area (Å²) in [6, 6.07) is 28.4. The molecule has 2 amide bonds. The topological polar surface area (TPSA) is 61.4 Å². The number of amides is 2. The minimum atomic E-state index is -0.449. The predicted molar refractivity (Wildman–Crippen MR) is 134 cm³/mol. The van der Waals surface area contributed by atoms with Gasteiger partial charge in [0.2, 0.25) is 11.8 Å². The molecule has 5 nitrogen and oxygen atoms in total. The molecule has 3 aromatic rings. The van der Waals surface area contributed by atoms with Crippen LogP contribution >= 0.6 is 0 Å². The van der Waals surface area contributed by atoms with Crippen LogP contribution in [-0.2, 0) is 22.6 Å². The van der Waals surface area contributed by atoms with E-state index in [0.29, 0.717) is 24.9 Å². The summed E-state index contributed by atoms with van der Waals surface area (Å²) in [6.45, 7) is 3.09. The van der Waals surface area contributed by atoms with Crippen molar-refractivity contribution in [3.05, 3.63) is 102 Å². The van der Waals surface area contributed by atoms with Gasteiger partial charge in [-0.05, 0) is 54.1 Å². The molecule has 174 valence electrons. The number of hydrogen-bond acceptors (Lipinski definition) is 3. The Balaban J connectivity index is 1.39. The van der Waals surface area contributed by atoms with Gasteiger partial charge in [0.05, 0.1) is 5.92 Å². The number of rotatable bonds is 7. The van der Waals surface area contributed by atoms with Crippen molar-refractivity contribution in [3.8, 4) is 0 Å². The number of fused-ring (bicyclic) bond motifs is 1. The van der Waals surface area contributed by atoms with Gasteiger partial charge in [-0.1, -0.05) is 78.9 Å². The van der Waals surface area contributed by atoms with Crippen LogP contribution in [0.15, 0.2) is 84.9 Å². The van der Waals surface area contributed by atoms with Crippen molar-refractivity contribution in [2.45, 2.75) is 25.3 Å². The van der Waals surface area contributed by atoms with E-state index in [-0.39, 0.29) is 18.2 Å². The fourth-order valence-corrected chi connectivity index (χ4v) is 5.33. The maximum Gasteiger partial charge on any atom is 0.231 e. The zero-order chi connectivity index (χ0) is 23.3. The summed E-state index contributed by atoms with van der Waals surface area (Å²) in [4.78, 5) is 28.4. The van der Waals surface area contributed by atoms with Crippen molar-refractivity contribution < 1.29 is 9.59 Å². The van der Waals surface area contributed by atoms with Gasteiger partial charge in [0.15, 0.2) is 0 Å². The van der Waals surface area contributed by atoms with Crippen molar-refractivity contribution in [1.29, 1.82) is 0 Å². The van der Waals surface area contributed by atoms with E-state index in [1.165, 1.54) is 5.56 Å². The van der Waals surface area contributed by atoms with E-state index in [1.807, 2.05) is 53.4 Å². The zero-order valence-electron chi connectivity index (χ0n) is 19.3. The maximum atomic E-state index is 14.0. The van der Waals surface area contributed by atoms with Crippen LogP contribution in [0, 0.1) is 11.8 Å². The summed E-state index contributed by atoms with van der Waals surface area (Å²) < 4.78 is 0. The molecule has 1 saturated heterocycles. The van der Waals surface area contributed by atoms with E-state index in [4.69, 9.17) is 0 Å². The Hall–Kier alpha value is -3.44. The highest BCUT2D eigenvalue weighted by Crippen LogP contribution is 2.34. The average Bonchev–Trinajstić information content (AvgIpc) is 3.30. The van der Waals surface area contributed by atoms with Gasteiger partial charge in [-0.2, -0.15) is 0 Å². The SMILES string of the molecule is O=C1CC(C(=O)N(Cc2ccccc2)C[C@@H]2CNC[C@@H]2Cc2ccccc2)c2ccccc2N1. The molecule has 2 aliphatic heterocycles. The van der Waals surface area contributed by atoms with E-state index < -0.39 is 5.92 Å². The first kappa shape index (κ1) is 22.4. The lowest BCUT2D eigenvalue weighted by Gasteiger charge is -2.33. The molecule has 1 fully saturated rings. The molecule has 0 aromatic heterocycles. The number of hydrogen-bond donors (Lipinski definition) is 2. The smallest absolute Gasteiger partial charge is 0.231 e. The zero-order valence-corrected chi connectivity index (χ0v) is 19.3. The Bertz CT molecular complexity index is 1130. The van der Waals surface area contributed by atoms with Crippen molar-refractivity contribution in [2.24, 2.45) is 11.8 Å². The van der Waals surface area contributed by atoms with Crippen molar-refractivity contribution in [1.82, 2.24) is 10.2 Å². The third-order valence-corrected chi connectivity index (χ3v) is 7.10. The molecule has 0 bridgehead atoms. The molecule has 34 heavy (non-hydrogen) atoms. The highest BCUT2D eigenvalue weighted by molar-refractivity contribution is 6.01. The number of nitrogens with zero attached hydrogens (tertiary/aromatic N) is 1. The molecule has 2 heterocycles. The van der Waals surface area contributed by atoms with Crippen LogP contribution in [0.25, 0.3) is 0 Å². The molecule has 0 spiro atoms. The number of para-hydroxylation sites is 1. The first-order valence-electron chi connectivity index (χ1n) is 12.1. The lowest BCUT2D eigenvalue weighted by Crippen LogP contribution is -2.42. The molecule has 3 aromatic carbocycles. The summed E-state index contributed by atoms with van der Waals surface area (Å²) in [7, 11) is 0. The Morgan fingerprint density at radius 1 is 0.824 bits per heavy atom. The lowest BCUT2D eigenvalue weighted by atomic mass is 9.87. The number of carbonyl (C=O) groups is 2. The standard InChI is InChI=1S/C29H31N3O2/c33-28-16-26(25-13-7-8-14-27(25)31-28)29(34)32(19-22-11-5-2-6-12-22)20-24-18-30-17-23(24)15-21-9-3-1-4-10-21/h1-14,23-24,26,30H,15-20H2,(H,31,33)/t23-,24-,26?/m0/s1. The molecule has 2 N–H and O–H groups in total. The first-order chi connectivity index (χ1) is 16.7. The Morgan fingerprint density at radius 3 is 2.24 bits per heavy atom. The summed E-state index contributed by atoms with van der Waals surface area (Å²) in [5.41, 5.74) is 4.10. The van der Waals surface area contributed by atoms with Crippen LogP contribution in [-0.4, -0.2) is 36.3 Å². The molecule has 5 heteroatoms. The third-order valence-electron chi connectivity index (χ3n) is 7.10. The van der Waals surface area contributed by atoms with E-state index in [1.54, 1.807) is 0 Å². The fraction of sp³-hybridized carbons (Fsp3) is 0.310. The Morgan fingerprint density at radius 2 is 1.47 bits per heavy atom. The predicted octanol–water partition coefficient (Wildman–Crippen LogP) is 4.22. The number of anilines is 1. The summed E-state index contributed by atoms with van der Waals surface area (Å²) in [5, 5.41) is 6.47. The lowest BCUT2D eigenvalue weighted by molar-refractivity contribution is -0.136. The number of nitrogens with one attached hydrogen (secondary N) is 2. The molecule has 0 aliphatic carbocycles. The fourth-order valence-electron chi connectivity index (χ4n) is 5.33. The van der Waals surface area contributed by atoms with E-state index in [9.17, 15) is 9.59 Å². The van der Waals surface area contributed by atoms with Gasteiger partial charge in [0.25, 0.3) is 0 Å². The van der Waals surface area contributed by atoms with Crippen molar-refractivity contribution in [3.63, 3.8) is 0 Å². The van der Waals surface area contributed by atoms with Crippen molar-refractivity contribution in [2.75, 3.05) is 25.0 Å². The van der Waals surface area contributed by atoms with E-state index >= 15 is 0 Å². The molecule has 1 unspecified atom stereocenters. The normalized spacial score (nSPS) is 21.5.